The van der Waals surface area contributed by atoms with Crippen molar-refractivity contribution in [2.24, 2.45) is 5.73 Å². The van der Waals surface area contributed by atoms with E-state index in [0.29, 0.717) is 12.0 Å². The number of pyridine rings is 1. The molecule has 1 heterocycles. The number of nitrogens with two attached hydrogens (primary N) is 1. The van der Waals surface area contributed by atoms with Crippen molar-refractivity contribution in [2.45, 2.75) is 19.0 Å². The summed E-state index contributed by atoms with van der Waals surface area (Å²) in [5, 5.41) is 1.84. The van der Waals surface area contributed by atoms with E-state index in [1.807, 2.05) is 25.1 Å². The first-order valence-corrected chi connectivity index (χ1v) is 5.43. The molecule has 0 fully saturated rings. The van der Waals surface area contributed by atoms with Gasteiger partial charge in [-0.1, -0.05) is 25.1 Å². The zero-order chi connectivity index (χ0) is 11.6. The molecule has 84 valence electrons. The predicted octanol–water partition coefficient (Wildman–Crippen LogP) is 2.77. The van der Waals surface area contributed by atoms with Crippen molar-refractivity contribution < 1.29 is 4.39 Å². The monoisotopic (exact) mass is 218 g/mol. The summed E-state index contributed by atoms with van der Waals surface area (Å²) in [6.07, 6.45) is 3.80. The number of hydrogen-bond acceptors (Lipinski definition) is 2. The fraction of sp³-hybridized carbons (Fsp3) is 0.308. The molecule has 16 heavy (non-hydrogen) atoms. The lowest BCUT2D eigenvalue weighted by Gasteiger charge is -2.23. The number of aromatic nitrogens is 1. The molecule has 2 aromatic rings. The second-order valence-corrected chi connectivity index (χ2v) is 3.93. The Hall–Kier alpha value is -1.48. The van der Waals surface area contributed by atoms with E-state index in [9.17, 15) is 4.39 Å². The molecule has 1 atom stereocenters. The molecule has 2 N–H and O–H groups in total. The average molecular weight is 218 g/mol. The minimum absolute atomic E-state index is 0.00490. The van der Waals surface area contributed by atoms with Gasteiger partial charge in [0, 0.05) is 24.3 Å². The molecule has 0 aliphatic carbocycles. The molecule has 0 spiro atoms. The summed E-state index contributed by atoms with van der Waals surface area (Å²) in [6, 6.07) is 7.42. The molecule has 1 aromatic carbocycles. The summed E-state index contributed by atoms with van der Waals surface area (Å²) < 4.78 is 14.6. The lowest BCUT2D eigenvalue weighted by Crippen LogP contribution is -2.29. The van der Waals surface area contributed by atoms with Crippen LogP contribution in [0.5, 0.6) is 0 Å². The minimum atomic E-state index is -1.44. The SMILES string of the molecule is CCC(F)(CN)c1cccc2cnccc12. The Labute approximate surface area is 94.3 Å². The van der Waals surface area contributed by atoms with Crippen LogP contribution < -0.4 is 5.73 Å². The molecule has 0 saturated carbocycles. The maximum Gasteiger partial charge on any atom is 0.148 e. The Morgan fingerprint density at radius 1 is 1.38 bits per heavy atom. The zero-order valence-electron chi connectivity index (χ0n) is 9.28. The molecule has 0 bridgehead atoms. The van der Waals surface area contributed by atoms with Gasteiger partial charge in [-0.2, -0.15) is 0 Å². The van der Waals surface area contributed by atoms with E-state index in [1.165, 1.54) is 0 Å². The Kier molecular flexibility index (Phi) is 2.88. The Morgan fingerprint density at radius 3 is 2.88 bits per heavy atom. The van der Waals surface area contributed by atoms with Gasteiger partial charge >= 0.3 is 0 Å². The fourth-order valence-corrected chi connectivity index (χ4v) is 1.96. The summed E-state index contributed by atoms with van der Waals surface area (Å²) in [7, 11) is 0. The summed E-state index contributed by atoms with van der Waals surface area (Å²) in [5.41, 5.74) is 4.77. The van der Waals surface area contributed by atoms with Crippen LogP contribution in [-0.4, -0.2) is 11.5 Å². The summed E-state index contributed by atoms with van der Waals surface area (Å²) >= 11 is 0. The van der Waals surface area contributed by atoms with Crippen molar-refractivity contribution in [3.8, 4) is 0 Å². The quantitative estimate of drug-likeness (QED) is 0.860. The zero-order valence-corrected chi connectivity index (χ0v) is 9.28. The van der Waals surface area contributed by atoms with Crippen molar-refractivity contribution in [3.05, 3.63) is 42.2 Å². The van der Waals surface area contributed by atoms with E-state index in [-0.39, 0.29) is 6.54 Å². The smallest absolute Gasteiger partial charge is 0.148 e. The van der Waals surface area contributed by atoms with Crippen LogP contribution in [-0.2, 0) is 5.67 Å². The largest absolute Gasteiger partial charge is 0.327 e. The summed E-state index contributed by atoms with van der Waals surface area (Å²) in [4.78, 5) is 4.03. The van der Waals surface area contributed by atoms with Crippen molar-refractivity contribution >= 4 is 10.8 Å². The third kappa shape index (κ3) is 1.67. The molecular weight excluding hydrogens is 203 g/mol. The Bertz CT molecular complexity index is 487. The maximum atomic E-state index is 14.6. The molecule has 0 aliphatic heterocycles. The Morgan fingerprint density at radius 2 is 2.19 bits per heavy atom. The number of benzene rings is 1. The first-order valence-electron chi connectivity index (χ1n) is 5.43. The van der Waals surface area contributed by atoms with Crippen LogP contribution in [0.1, 0.15) is 18.9 Å². The fourth-order valence-electron chi connectivity index (χ4n) is 1.96. The van der Waals surface area contributed by atoms with Crippen molar-refractivity contribution in [1.29, 1.82) is 0 Å². The minimum Gasteiger partial charge on any atom is -0.327 e. The second kappa shape index (κ2) is 4.18. The van der Waals surface area contributed by atoms with Gasteiger partial charge in [0.15, 0.2) is 0 Å². The number of alkyl halides is 1. The topological polar surface area (TPSA) is 38.9 Å². The second-order valence-electron chi connectivity index (χ2n) is 3.93. The first-order chi connectivity index (χ1) is 7.71. The highest BCUT2D eigenvalue weighted by atomic mass is 19.1. The number of rotatable bonds is 3. The molecule has 0 radical (unpaired) electrons. The van der Waals surface area contributed by atoms with Gasteiger partial charge in [-0.3, -0.25) is 4.98 Å². The van der Waals surface area contributed by atoms with Gasteiger partial charge in [-0.05, 0) is 23.4 Å². The molecular formula is C13H15FN2. The van der Waals surface area contributed by atoms with Crippen LogP contribution in [0.25, 0.3) is 10.8 Å². The third-order valence-electron chi connectivity index (χ3n) is 3.05. The molecule has 1 aromatic heterocycles. The van der Waals surface area contributed by atoms with E-state index >= 15 is 0 Å². The standard InChI is InChI=1S/C13H15FN2/c1-2-13(14,9-15)12-5-3-4-10-8-16-7-6-11(10)12/h3-8H,2,9,15H2,1H3. The highest BCUT2D eigenvalue weighted by Gasteiger charge is 2.29. The predicted molar refractivity (Wildman–Crippen MR) is 63.9 cm³/mol. The van der Waals surface area contributed by atoms with Crippen LogP contribution in [0, 0.1) is 0 Å². The lowest BCUT2D eigenvalue weighted by molar-refractivity contribution is 0.171. The van der Waals surface area contributed by atoms with Crippen LogP contribution in [0.15, 0.2) is 36.7 Å². The van der Waals surface area contributed by atoms with Crippen LogP contribution in [0.2, 0.25) is 0 Å². The maximum absolute atomic E-state index is 14.6. The van der Waals surface area contributed by atoms with Gasteiger partial charge in [0.05, 0.1) is 0 Å². The number of halogens is 1. The Balaban J connectivity index is 2.69. The van der Waals surface area contributed by atoms with Gasteiger partial charge in [-0.15, -0.1) is 0 Å². The lowest BCUT2D eigenvalue weighted by atomic mass is 9.89. The molecule has 0 aliphatic rings. The van der Waals surface area contributed by atoms with Crippen molar-refractivity contribution in [2.75, 3.05) is 6.54 Å². The van der Waals surface area contributed by atoms with Crippen LogP contribution in [0.4, 0.5) is 4.39 Å². The third-order valence-corrected chi connectivity index (χ3v) is 3.05. The van der Waals surface area contributed by atoms with Gasteiger partial charge in [0.2, 0.25) is 0 Å². The summed E-state index contributed by atoms with van der Waals surface area (Å²) in [5.74, 6) is 0. The van der Waals surface area contributed by atoms with E-state index < -0.39 is 5.67 Å². The van der Waals surface area contributed by atoms with Gasteiger partial charge in [0.25, 0.3) is 0 Å². The van der Waals surface area contributed by atoms with E-state index in [2.05, 4.69) is 4.98 Å². The van der Waals surface area contributed by atoms with Crippen LogP contribution >= 0.6 is 0 Å². The van der Waals surface area contributed by atoms with Gasteiger partial charge in [-0.25, -0.2) is 4.39 Å². The van der Waals surface area contributed by atoms with Crippen molar-refractivity contribution in [1.82, 2.24) is 4.98 Å². The van der Waals surface area contributed by atoms with E-state index in [0.717, 1.165) is 10.8 Å². The van der Waals surface area contributed by atoms with Gasteiger partial charge < -0.3 is 5.73 Å². The normalized spacial score (nSPS) is 14.9. The van der Waals surface area contributed by atoms with Crippen molar-refractivity contribution in [3.63, 3.8) is 0 Å². The van der Waals surface area contributed by atoms with Gasteiger partial charge in [0.1, 0.15) is 5.67 Å². The summed E-state index contributed by atoms with van der Waals surface area (Å²) in [6.45, 7) is 1.82. The van der Waals surface area contributed by atoms with Crippen LogP contribution in [0.3, 0.4) is 0 Å². The first kappa shape index (κ1) is 11.0. The molecule has 3 heteroatoms. The van der Waals surface area contributed by atoms with E-state index in [1.54, 1.807) is 18.5 Å². The number of nitrogens with zero attached hydrogens (tertiary/aromatic N) is 1. The number of fused-ring (bicyclic) bond motifs is 1. The van der Waals surface area contributed by atoms with E-state index in [4.69, 9.17) is 5.73 Å². The highest BCUT2D eigenvalue weighted by molar-refractivity contribution is 5.85. The average Bonchev–Trinajstić information content (AvgIpc) is 2.37. The molecule has 1 unspecified atom stereocenters. The molecule has 0 amide bonds. The molecule has 2 nitrogen and oxygen atoms in total. The molecule has 0 saturated heterocycles. The molecule has 2 rings (SSSR count). The number of hydrogen-bond donors (Lipinski definition) is 1. The highest BCUT2D eigenvalue weighted by Crippen LogP contribution is 2.33.